The summed E-state index contributed by atoms with van der Waals surface area (Å²) in [5.41, 5.74) is 3.04. The van der Waals surface area contributed by atoms with Gasteiger partial charge in [0.2, 0.25) is 21.8 Å². The van der Waals surface area contributed by atoms with Gasteiger partial charge in [-0.2, -0.15) is 0 Å². The smallest absolute Gasteiger partial charge is 0.407 e. The highest BCUT2D eigenvalue weighted by Crippen LogP contribution is 2.46. The molecule has 280 valence electrons. The number of oxime groups is 1. The van der Waals surface area contributed by atoms with Crippen LogP contribution in [0, 0.1) is 11.3 Å². The lowest BCUT2D eigenvalue weighted by atomic mass is 9.85. The Bertz CT molecular complexity index is 2030. The number of benzene rings is 2. The van der Waals surface area contributed by atoms with Crippen molar-refractivity contribution < 1.29 is 37.2 Å². The maximum atomic E-state index is 14.5. The van der Waals surface area contributed by atoms with Gasteiger partial charge in [0, 0.05) is 23.5 Å². The van der Waals surface area contributed by atoms with Gasteiger partial charge in [0.25, 0.3) is 5.91 Å². The molecule has 0 unspecified atom stereocenters. The van der Waals surface area contributed by atoms with Gasteiger partial charge in [0.1, 0.15) is 29.4 Å². The maximum Gasteiger partial charge on any atom is 0.407 e. The summed E-state index contributed by atoms with van der Waals surface area (Å²) in [6.45, 7) is 9.24. The Balaban J connectivity index is 1.22. The van der Waals surface area contributed by atoms with Gasteiger partial charge in [-0.3, -0.25) is 19.1 Å². The van der Waals surface area contributed by atoms with Crippen LogP contribution in [0.4, 0.5) is 4.79 Å². The molecule has 1 saturated heterocycles. The first kappa shape index (κ1) is 36.4. The van der Waals surface area contributed by atoms with E-state index in [2.05, 4.69) is 27.1 Å². The molecule has 3 aliphatic carbocycles. The lowest BCUT2D eigenvalue weighted by molar-refractivity contribution is -0.143. The molecule has 53 heavy (non-hydrogen) atoms. The third-order valence-electron chi connectivity index (χ3n) is 10.6. The van der Waals surface area contributed by atoms with Crippen molar-refractivity contribution in [1.29, 1.82) is 0 Å². The molecule has 0 aromatic heterocycles. The summed E-state index contributed by atoms with van der Waals surface area (Å²) < 4.78 is 33.0. The number of rotatable bonds is 6. The number of alkyl carbamates (subject to hydrolysis) is 1. The summed E-state index contributed by atoms with van der Waals surface area (Å²) >= 11 is 0. The van der Waals surface area contributed by atoms with Crippen molar-refractivity contribution >= 4 is 45.6 Å². The minimum Gasteiger partial charge on any atom is -0.450 e. The standard InChI is InChI=1S/C39H45N5O8S/c1-5-24-21-39(24,36(47)43-53(49,50)26-15-16-26)41-34(45)31-20-25-22-44(31)35(46)33(38(2,3)4)40-37(48)51-18-10-6-7-11-23-14-17-28-27-12-8-9-13-29(27)32(42-52-25)30(28)19-23/h5,7-9,11-14,17,19,24-26,31,33H,1,6,10,15-16,18,20-22H2,2-4H3,(H,40,48)(H,41,45)(H,43,47)/t24-,25-,31+,33-,39-/m1/s1. The topological polar surface area (TPSA) is 173 Å². The first-order chi connectivity index (χ1) is 25.2. The Morgan fingerprint density at radius 1 is 1.08 bits per heavy atom. The van der Waals surface area contributed by atoms with Crippen molar-refractivity contribution in [3.05, 3.63) is 77.9 Å². The number of amides is 4. The number of hydrogen-bond acceptors (Lipinski definition) is 9. The molecule has 14 heteroatoms. The lowest BCUT2D eigenvalue weighted by Crippen LogP contribution is -2.60. The lowest BCUT2D eigenvalue weighted by Gasteiger charge is -2.35. The molecule has 3 fully saturated rings. The number of ether oxygens (including phenoxy) is 1. The number of fused-ring (bicyclic) bond motifs is 6. The molecular weight excluding hydrogens is 699 g/mol. The second-order valence-corrected chi connectivity index (χ2v) is 17.5. The zero-order valence-electron chi connectivity index (χ0n) is 30.1. The SMILES string of the molecule is C=C[C@@H]1C[C@]1(NC(=O)[C@@H]1C[C@@H]2CN1C(=O)[C@H](C(C)(C)C)NC(=O)OCCCC=Cc1ccc3c(c1)C(=NO2)c1ccccc1-3)C(=O)NS(=O)(=O)C1CC1. The summed E-state index contributed by atoms with van der Waals surface area (Å²) in [4.78, 5) is 62.8. The Hall–Kier alpha value is -4.98. The molecule has 0 spiro atoms. The number of allylic oxidation sites excluding steroid dienone is 1. The fraction of sp³-hybridized carbons (Fsp3) is 0.462. The molecule has 4 bridgehead atoms. The van der Waals surface area contributed by atoms with Crippen LogP contribution in [0.1, 0.15) is 76.0 Å². The fourth-order valence-corrected chi connectivity index (χ4v) is 8.70. The van der Waals surface area contributed by atoms with Crippen molar-refractivity contribution in [3.8, 4) is 11.1 Å². The molecule has 0 radical (unpaired) electrons. The largest absolute Gasteiger partial charge is 0.450 e. The van der Waals surface area contributed by atoms with Crippen LogP contribution in [-0.2, 0) is 34.0 Å². The normalized spacial score (nSPS) is 27.1. The molecule has 2 aliphatic heterocycles. The summed E-state index contributed by atoms with van der Waals surface area (Å²) in [6.07, 6.45) is 6.33. The fourth-order valence-electron chi connectivity index (χ4n) is 7.34. The van der Waals surface area contributed by atoms with Crippen LogP contribution in [0.5, 0.6) is 0 Å². The van der Waals surface area contributed by atoms with Crippen LogP contribution in [0.2, 0.25) is 0 Å². The van der Waals surface area contributed by atoms with E-state index in [9.17, 15) is 27.6 Å². The van der Waals surface area contributed by atoms with Crippen molar-refractivity contribution in [1.82, 2.24) is 20.3 Å². The van der Waals surface area contributed by atoms with Crippen molar-refractivity contribution in [2.45, 2.75) is 88.3 Å². The van der Waals surface area contributed by atoms with Crippen LogP contribution in [-0.4, -0.2) is 85.0 Å². The molecule has 5 atom stereocenters. The second kappa shape index (κ2) is 13.8. The molecule has 13 nitrogen and oxygen atoms in total. The number of carbonyl (C=O) groups is 4. The van der Waals surface area contributed by atoms with Crippen LogP contribution in [0.3, 0.4) is 0 Å². The number of sulfonamides is 1. The van der Waals surface area contributed by atoms with Gasteiger partial charge in [0.15, 0.2) is 0 Å². The van der Waals surface area contributed by atoms with Gasteiger partial charge in [0.05, 0.1) is 18.4 Å². The third kappa shape index (κ3) is 7.20. The summed E-state index contributed by atoms with van der Waals surface area (Å²) in [7, 11) is -3.89. The van der Waals surface area contributed by atoms with E-state index in [1.807, 2.05) is 54.6 Å². The third-order valence-corrected chi connectivity index (χ3v) is 12.4. The monoisotopic (exact) mass is 743 g/mol. The molecule has 2 saturated carbocycles. The summed E-state index contributed by atoms with van der Waals surface area (Å²) in [5.74, 6) is -2.56. The highest BCUT2D eigenvalue weighted by Gasteiger charge is 2.62. The Kier molecular flexibility index (Phi) is 9.46. The van der Waals surface area contributed by atoms with Crippen LogP contribution < -0.4 is 15.4 Å². The van der Waals surface area contributed by atoms with Crippen LogP contribution in [0.15, 0.2) is 66.4 Å². The summed E-state index contributed by atoms with van der Waals surface area (Å²) in [5, 5.41) is 9.54. The highest BCUT2D eigenvalue weighted by atomic mass is 32.2. The molecule has 5 aliphatic rings. The molecular formula is C39H45N5O8S. The van der Waals surface area contributed by atoms with Gasteiger partial charge >= 0.3 is 6.09 Å². The van der Waals surface area contributed by atoms with E-state index in [4.69, 9.17) is 9.57 Å². The predicted molar refractivity (Wildman–Crippen MR) is 198 cm³/mol. The minimum absolute atomic E-state index is 0.0176. The number of nitrogens with one attached hydrogen (secondary N) is 3. The highest BCUT2D eigenvalue weighted by molar-refractivity contribution is 7.91. The molecule has 2 aromatic rings. The van der Waals surface area contributed by atoms with E-state index in [1.54, 1.807) is 20.8 Å². The molecule has 2 heterocycles. The zero-order chi connectivity index (χ0) is 37.7. The Morgan fingerprint density at radius 3 is 2.51 bits per heavy atom. The first-order valence-electron chi connectivity index (χ1n) is 18.1. The van der Waals surface area contributed by atoms with E-state index in [0.717, 1.165) is 27.8 Å². The van der Waals surface area contributed by atoms with E-state index in [0.29, 0.717) is 31.4 Å². The molecule has 4 amide bonds. The van der Waals surface area contributed by atoms with E-state index >= 15 is 0 Å². The van der Waals surface area contributed by atoms with E-state index < -0.39 is 74.1 Å². The van der Waals surface area contributed by atoms with Gasteiger partial charge in [-0.1, -0.05) is 80.6 Å². The van der Waals surface area contributed by atoms with E-state index in [1.165, 1.54) is 11.0 Å². The van der Waals surface area contributed by atoms with Crippen LogP contribution >= 0.6 is 0 Å². The van der Waals surface area contributed by atoms with Crippen molar-refractivity contribution in [3.63, 3.8) is 0 Å². The average molecular weight is 744 g/mol. The van der Waals surface area contributed by atoms with Crippen molar-refractivity contribution in [2.24, 2.45) is 16.5 Å². The number of carbonyl (C=O) groups excluding carboxylic acids is 4. The predicted octanol–water partition coefficient (Wildman–Crippen LogP) is 4.02. The zero-order valence-corrected chi connectivity index (χ0v) is 30.9. The van der Waals surface area contributed by atoms with Gasteiger partial charge in [-0.15, -0.1) is 6.58 Å². The number of cyclic esters (lactones) is 1. The van der Waals surface area contributed by atoms with E-state index in [-0.39, 0.29) is 26.0 Å². The maximum absolute atomic E-state index is 14.5. The first-order valence-corrected chi connectivity index (χ1v) is 19.7. The van der Waals surface area contributed by atoms with Gasteiger partial charge in [-0.25, -0.2) is 13.2 Å². The van der Waals surface area contributed by atoms with Gasteiger partial charge in [-0.05, 0) is 60.3 Å². The molecule has 3 N–H and O–H groups in total. The van der Waals surface area contributed by atoms with Crippen molar-refractivity contribution in [2.75, 3.05) is 13.2 Å². The number of hydrogen-bond donors (Lipinski definition) is 3. The molecule has 7 rings (SSSR count). The second-order valence-electron chi connectivity index (χ2n) is 15.6. The number of nitrogens with zero attached hydrogens (tertiary/aromatic N) is 2. The Labute approximate surface area is 309 Å². The summed E-state index contributed by atoms with van der Waals surface area (Å²) in [6, 6.07) is 11.8. The average Bonchev–Trinajstić information content (AvgIpc) is 4.03. The van der Waals surface area contributed by atoms with Crippen LogP contribution in [0.25, 0.3) is 17.2 Å². The Morgan fingerprint density at radius 2 is 1.81 bits per heavy atom. The molecule has 2 aromatic carbocycles. The minimum atomic E-state index is -3.89. The quantitative estimate of drug-likeness (QED) is 0.318. The van der Waals surface area contributed by atoms with Gasteiger partial charge < -0.3 is 25.1 Å².